The maximum Gasteiger partial charge on any atom is 0.0504 e. The molecule has 0 bridgehead atoms. The summed E-state index contributed by atoms with van der Waals surface area (Å²) in [6, 6.07) is 15.0. The zero-order valence-electron chi connectivity index (χ0n) is 11.5. The zero-order valence-corrected chi connectivity index (χ0v) is 11.5. The molecule has 0 heterocycles. The standard InChI is InChI=1S/C17H21NO/c1-18(12-17(13-19)9-4-10-17)16-8-7-14-5-2-3-6-15(14)11-16/h2-3,5-8,11,19H,4,9-10,12-13H2,1H3. The average molecular weight is 255 g/mol. The van der Waals surface area contributed by atoms with Gasteiger partial charge in [0.15, 0.2) is 0 Å². The first-order valence-corrected chi connectivity index (χ1v) is 7.03. The molecule has 2 nitrogen and oxygen atoms in total. The van der Waals surface area contributed by atoms with Crippen LogP contribution < -0.4 is 4.90 Å². The van der Waals surface area contributed by atoms with E-state index in [-0.39, 0.29) is 5.41 Å². The number of rotatable bonds is 4. The van der Waals surface area contributed by atoms with Gasteiger partial charge in [0.25, 0.3) is 0 Å². The molecule has 1 aliphatic carbocycles. The summed E-state index contributed by atoms with van der Waals surface area (Å²) in [5.74, 6) is 0. The zero-order chi connectivity index (χ0) is 13.3. The minimum absolute atomic E-state index is 0.139. The van der Waals surface area contributed by atoms with E-state index in [4.69, 9.17) is 0 Å². The van der Waals surface area contributed by atoms with E-state index >= 15 is 0 Å². The maximum absolute atomic E-state index is 9.58. The molecule has 2 aromatic rings. The number of hydrogen-bond acceptors (Lipinski definition) is 2. The minimum atomic E-state index is 0.139. The first-order chi connectivity index (χ1) is 9.22. The SMILES string of the molecule is CN(CC1(CO)CCC1)c1ccc2ccccc2c1. The van der Waals surface area contributed by atoms with Crippen LogP contribution in [0.4, 0.5) is 5.69 Å². The fraction of sp³-hybridized carbons (Fsp3) is 0.412. The molecular weight excluding hydrogens is 234 g/mol. The van der Waals surface area contributed by atoms with E-state index < -0.39 is 0 Å². The van der Waals surface area contributed by atoms with Crippen molar-refractivity contribution in [2.45, 2.75) is 19.3 Å². The van der Waals surface area contributed by atoms with Gasteiger partial charge in [-0.3, -0.25) is 0 Å². The Balaban J connectivity index is 1.83. The lowest BCUT2D eigenvalue weighted by atomic mass is 9.69. The van der Waals surface area contributed by atoms with Crippen LogP contribution >= 0.6 is 0 Å². The lowest BCUT2D eigenvalue weighted by Gasteiger charge is -2.43. The summed E-state index contributed by atoms with van der Waals surface area (Å²) in [4.78, 5) is 2.28. The summed E-state index contributed by atoms with van der Waals surface area (Å²) >= 11 is 0. The summed E-state index contributed by atoms with van der Waals surface area (Å²) in [6.07, 6.45) is 3.56. The molecule has 2 aromatic carbocycles. The normalized spacial score (nSPS) is 17.2. The van der Waals surface area contributed by atoms with Gasteiger partial charge in [-0.25, -0.2) is 0 Å². The Morgan fingerprint density at radius 1 is 1.11 bits per heavy atom. The average Bonchev–Trinajstić information content (AvgIpc) is 2.42. The van der Waals surface area contributed by atoms with Crippen molar-refractivity contribution in [1.29, 1.82) is 0 Å². The third-order valence-corrected chi connectivity index (χ3v) is 4.50. The van der Waals surface area contributed by atoms with Crippen molar-refractivity contribution in [3.8, 4) is 0 Å². The van der Waals surface area contributed by atoms with Crippen LogP contribution in [0.15, 0.2) is 42.5 Å². The van der Waals surface area contributed by atoms with E-state index in [2.05, 4.69) is 54.4 Å². The summed E-state index contributed by atoms with van der Waals surface area (Å²) in [5, 5.41) is 12.1. The fourth-order valence-electron chi connectivity index (χ4n) is 3.05. The molecular formula is C17H21NO. The van der Waals surface area contributed by atoms with E-state index in [9.17, 15) is 5.11 Å². The van der Waals surface area contributed by atoms with Crippen LogP contribution in [-0.2, 0) is 0 Å². The van der Waals surface area contributed by atoms with Crippen molar-refractivity contribution in [2.75, 3.05) is 25.1 Å². The van der Waals surface area contributed by atoms with E-state index in [1.54, 1.807) is 0 Å². The van der Waals surface area contributed by atoms with Crippen molar-refractivity contribution < 1.29 is 5.11 Å². The number of aliphatic hydroxyl groups is 1. The number of anilines is 1. The predicted octanol–water partition coefficient (Wildman–Crippen LogP) is 3.44. The third-order valence-electron chi connectivity index (χ3n) is 4.50. The Bertz CT molecular complexity index is 569. The second-order valence-electron chi connectivity index (χ2n) is 5.90. The molecule has 3 rings (SSSR count). The van der Waals surface area contributed by atoms with Crippen LogP contribution in [0.5, 0.6) is 0 Å². The van der Waals surface area contributed by atoms with Crippen LogP contribution in [0.1, 0.15) is 19.3 Å². The number of nitrogens with zero attached hydrogens (tertiary/aromatic N) is 1. The Morgan fingerprint density at radius 2 is 1.84 bits per heavy atom. The highest BCUT2D eigenvalue weighted by Gasteiger charge is 2.37. The number of aliphatic hydroxyl groups excluding tert-OH is 1. The smallest absolute Gasteiger partial charge is 0.0504 e. The summed E-state index contributed by atoms with van der Waals surface area (Å²) < 4.78 is 0. The molecule has 0 atom stereocenters. The van der Waals surface area contributed by atoms with E-state index in [1.807, 2.05) is 0 Å². The number of hydrogen-bond donors (Lipinski definition) is 1. The maximum atomic E-state index is 9.58. The molecule has 0 aromatic heterocycles. The van der Waals surface area contributed by atoms with Gasteiger partial charge in [0.1, 0.15) is 0 Å². The van der Waals surface area contributed by atoms with Gasteiger partial charge >= 0.3 is 0 Å². The quantitative estimate of drug-likeness (QED) is 0.904. The molecule has 0 spiro atoms. The lowest BCUT2D eigenvalue weighted by Crippen LogP contribution is -2.43. The molecule has 0 saturated heterocycles. The van der Waals surface area contributed by atoms with Crippen molar-refractivity contribution in [3.63, 3.8) is 0 Å². The Kier molecular flexibility index (Phi) is 3.19. The van der Waals surface area contributed by atoms with Crippen molar-refractivity contribution in [3.05, 3.63) is 42.5 Å². The van der Waals surface area contributed by atoms with E-state index in [1.165, 1.54) is 22.9 Å². The van der Waals surface area contributed by atoms with Crippen molar-refractivity contribution in [2.24, 2.45) is 5.41 Å². The minimum Gasteiger partial charge on any atom is -0.396 e. The molecule has 0 unspecified atom stereocenters. The highest BCUT2D eigenvalue weighted by molar-refractivity contribution is 5.85. The van der Waals surface area contributed by atoms with Crippen LogP contribution in [0.2, 0.25) is 0 Å². The topological polar surface area (TPSA) is 23.5 Å². The van der Waals surface area contributed by atoms with Crippen LogP contribution in [0, 0.1) is 5.41 Å². The van der Waals surface area contributed by atoms with Gasteiger partial charge in [-0.2, -0.15) is 0 Å². The molecule has 19 heavy (non-hydrogen) atoms. The molecule has 1 aliphatic rings. The van der Waals surface area contributed by atoms with Gasteiger partial charge in [0.2, 0.25) is 0 Å². The van der Waals surface area contributed by atoms with Crippen molar-refractivity contribution >= 4 is 16.5 Å². The molecule has 0 radical (unpaired) electrons. The van der Waals surface area contributed by atoms with Gasteiger partial charge in [-0.1, -0.05) is 36.8 Å². The molecule has 1 N–H and O–H groups in total. The van der Waals surface area contributed by atoms with Crippen LogP contribution in [0.25, 0.3) is 10.8 Å². The molecule has 0 amide bonds. The Hall–Kier alpha value is -1.54. The lowest BCUT2D eigenvalue weighted by molar-refractivity contribution is 0.0524. The monoisotopic (exact) mass is 255 g/mol. The largest absolute Gasteiger partial charge is 0.396 e. The van der Waals surface area contributed by atoms with Gasteiger partial charge in [0, 0.05) is 24.7 Å². The molecule has 1 fully saturated rings. The first-order valence-electron chi connectivity index (χ1n) is 7.03. The second-order valence-corrected chi connectivity index (χ2v) is 5.90. The van der Waals surface area contributed by atoms with Gasteiger partial charge in [0.05, 0.1) is 6.61 Å². The van der Waals surface area contributed by atoms with Crippen LogP contribution in [-0.4, -0.2) is 25.3 Å². The van der Waals surface area contributed by atoms with Gasteiger partial charge < -0.3 is 10.0 Å². The predicted molar refractivity (Wildman–Crippen MR) is 80.6 cm³/mol. The first kappa shape index (κ1) is 12.5. The van der Waals surface area contributed by atoms with Gasteiger partial charge in [-0.15, -0.1) is 0 Å². The fourth-order valence-corrected chi connectivity index (χ4v) is 3.05. The van der Waals surface area contributed by atoms with E-state index in [0.29, 0.717) is 6.61 Å². The molecule has 0 aliphatic heterocycles. The summed E-state index contributed by atoms with van der Waals surface area (Å²) in [6.45, 7) is 1.26. The highest BCUT2D eigenvalue weighted by Crippen LogP contribution is 2.41. The molecule has 100 valence electrons. The molecule has 2 heteroatoms. The number of benzene rings is 2. The highest BCUT2D eigenvalue weighted by atomic mass is 16.3. The third kappa shape index (κ3) is 2.33. The van der Waals surface area contributed by atoms with E-state index in [0.717, 1.165) is 19.4 Å². The Labute approximate surface area is 114 Å². The van der Waals surface area contributed by atoms with Crippen LogP contribution in [0.3, 0.4) is 0 Å². The molecule has 1 saturated carbocycles. The van der Waals surface area contributed by atoms with Crippen molar-refractivity contribution in [1.82, 2.24) is 0 Å². The van der Waals surface area contributed by atoms with Gasteiger partial charge in [-0.05, 0) is 35.7 Å². The summed E-state index contributed by atoms with van der Waals surface area (Å²) in [5.41, 5.74) is 1.37. The number of fused-ring (bicyclic) bond motifs is 1. The Morgan fingerprint density at radius 3 is 2.47 bits per heavy atom. The summed E-state index contributed by atoms with van der Waals surface area (Å²) in [7, 11) is 2.12. The second kappa shape index (κ2) is 4.86.